The molecule has 0 unspecified atom stereocenters. The summed E-state index contributed by atoms with van der Waals surface area (Å²) >= 11 is 1.51. The number of nitrogens with zero attached hydrogens (tertiary/aromatic N) is 2. The zero-order chi connectivity index (χ0) is 15.1. The van der Waals surface area contributed by atoms with Gasteiger partial charge in [-0.15, -0.1) is 10.2 Å². The van der Waals surface area contributed by atoms with Gasteiger partial charge in [0.15, 0.2) is 0 Å². The number of aryl methyl sites for hydroxylation is 1. The summed E-state index contributed by atoms with van der Waals surface area (Å²) in [6.07, 6.45) is 10.4. The predicted molar refractivity (Wildman–Crippen MR) is 87.5 cm³/mol. The van der Waals surface area contributed by atoms with Gasteiger partial charge in [0, 0.05) is 12.3 Å². The maximum atomic E-state index is 12.3. The van der Waals surface area contributed by atoms with E-state index < -0.39 is 0 Å². The summed E-state index contributed by atoms with van der Waals surface area (Å²) in [5.41, 5.74) is 0. The molecular formula is C16H27N3OS. The minimum Gasteiger partial charge on any atom is -0.300 e. The highest BCUT2D eigenvalue weighted by atomic mass is 32.1. The average molecular weight is 309 g/mol. The van der Waals surface area contributed by atoms with Gasteiger partial charge in [-0.3, -0.25) is 4.79 Å². The molecule has 1 aromatic rings. The molecule has 1 saturated carbocycles. The lowest BCUT2D eigenvalue weighted by atomic mass is 9.79. The molecule has 5 heteroatoms. The maximum absolute atomic E-state index is 12.3. The van der Waals surface area contributed by atoms with Crippen LogP contribution in [0, 0.1) is 11.8 Å². The summed E-state index contributed by atoms with van der Waals surface area (Å²) in [6.45, 7) is 4.37. The third-order valence-electron chi connectivity index (χ3n) is 4.34. The molecule has 1 aliphatic rings. The van der Waals surface area contributed by atoms with Gasteiger partial charge in [0.2, 0.25) is 11.0 Å². The standard InChI is InChI=1S/C16H27N3OS/c1-3-5-7-12-8-10-13(11-9-12)15(20)17-16-19-18-14(21-16)6-4-2/h12-13H,3-11H2,1-2H3,(H,17,19,20). The monoisotopic (exact) mass is 309 g/mol. The molecule has 0 atom stereocenters. The number of carbonyl (C=O) groups excluding carboxylic acids is 1. The predicted octanol–water partition coefficient (Wildman–Crippen LogP) is 4.43. The summed E-state index contributed by atoms with van der Waals surface area (Å²) in [4.78, 5) is 12.3. The summed E-state index contributed by atoms with van der Waals surface area (Å²) in [5, 5.41) is 12.8. The van der Waals surface area contributed by atoms with Crippen LogP contribution in [-0.4, -0.2) is 16.1 Å². The summed E-state index contributed by atoms with van der Waals surface area (Å²) in [6, 6.07) is 0. The molecule has 4 nitrogen and oxygen atoms in total. The Morgan fingerprint density at radius 3 is 2.62 bits per heavy atom. The molecule has 1 aliphatic carbocycles. The van der Waals surface area contributed by atoms with Crippen LogP contribution in [0.25, 0.3) is 0 Å². The summed E-state index contributed by atoms with van der Waals surface area (Å²) < 4.78 is 0. The third-order valence-corrected chi connectivity index (χ3v) is 5.24. The topological polar surface area (TPSA) is 54.9 Å². The molecule has 0 aliphatic heterocycles. The molecular weight excluding hydrogens is 282 g/mol. The van der Waals surface area contributed by atoms with Crippen molar-refractivity contribution in [2.75, 3.05) is 5.32 Å². The maximum Gasteiger partial charge on any atom is 0.229 e. The van der Waals surface area contributed by atoms with Gasteiger partial charge in [0.05, 0.1) is 0 Å². The molecule has 2 rings (SSSR count). The van der Waals surface area contributed by atoms with E-state index in [-0.39, 0.29) is 11.8 Å². The molecule has 0 radical (unpaired) electrons. The Labute approximate surface area is 131 Å². The summed E-state index contributed by atoms with van der Waals surface area (Å²) in [5.74, 6) is 1.15. The highest BCUT2D eigenvalue weighted by Crippen LogP contribution is 2.32. The normalized spacial score (nSPS) is 22.2. The first-order valence-electron chi connectivity index (χ1n) is 8.36. The lowest BCUT2D eigenvalue weighted by Gasteiger charge is -2.27. The van der Waals surface area contributed by atoms with Gasteiger partial charge in [0.1, 0.15) is 5.01 Å². The van der Waals surface area contributed by atoms with Crippen LogP contribution in [0.4, 0.5) is 5.13 Å². The average Bonchev–Trinajstić information content (AvgIpc) is 2.93. The summed E-state index contributed by atoms with van der Waals surface area (Å²) in [7, 11) is 0. The molecule has 1 heterocycles. The van der Waals surface area contributed by atoms with Crippen LogP contribution in [0.3, 0.4) is 0 Å². The Kier molecular flexibility index (Phi) is 6.61. The van der Waals surface area contributed by atoms with Crippen LogP contribution in [-0.2, 0) is 11.2 Å². The number of carbonyl (C=O) groups is 1. The van der Waals surface area contributed by atoms with E-state index in [1.807, 2.05) is 0 Å². The molecule has 0 saturated heterocycles. The number of nitrogens with one attached hydrogen (secondary N) is 1. The molecule has 0 aromatic carbocycles. The fourth-order valence-electron chi connectivity index (χ4n) is 3.03. The Hall–Kier alpha value is -0.970. The van der Waals surface area contributed by atoms with Gasteiger partial charge in [0.25, 0.3) is 0 Å². The van der Waals surface area contributed by atoms with E-state index in [4.69, 9.17) is 0 Å². The number of amides is 1. The van der Waals surface area contributed by atoms with E-state index in [0.717, 1.165) is 36.6 Å². The van der Waals surface area contributed by atoms with Crippen LogP contribution in [0.5, 0.6) is 0 Å². The molecule has 1 fully saturated rings. The SMILES string of the molecule is CCCCC1CCC(C(=O)Nc2nnc(CCC)s2)CC1. The van der Waals surface area contributed by atoms with Gasteiger partial charge in [-0.25, -0.2) is 0 Å². The van der Waals surface area contributed by atoms with Gasteiger partial charge >= 0.3 is 0 Å². The van der Waals surface area contributed by atoms with E-state index in [1.54, 1.807) is 0 Å². The van der Waals surface area contributed by atoms with Crippen LogP contribution in [0.2, 0.25) is 0 Å². The lowest BCUT2D eigenvalue weighted by Crippen LogP contribution is -2.27. The molecule has 0 bridgehead atoms. The highest BCUT2D eigenvalue weighted by molar-refractivity contribution is 7.15. The molecule has 1 amide bonds. The van der Waals surface area contributed by atoms with E-state index in [1.165, 1.54) is 43.4 Å². The lowest BCUT2D eigenvalue weighted by molar-refractivity contribution is -0.121. The molecule has 1 aromatic heterocycles. The van der Waals surface area contributed by atoms with Crippen molar-refractivity contribution < 1.29 is 4.79 Å². The second kappa shape index (κ2) is 8.47. The second-order valence-corrected chi connectivity index (χ2v) is 7.16. The number of hydrogen-bond acceptors (Lipinski definition) is 4. The van der Waals surface area contributed by atoms with Gasteiger partial charge < -0.3 is 5.32 Å². The molecule has 0 spiro atoms. The van der Waals surface area contributed by atoms with Crippen molar-refractivity contribution in [3.63, 3.8) is 0 Å². The Bertz CT molecular complexity index is 438. The van der Waals surface area contributed by atoms with Gasteiger partial charge in [-0.05, 0) is 38.0 Å². The minimum absolute atomic E-state index is 0.142. The second-order valence-electron chi connectivity index (χ2n) is 6.10. The minimum atomic E-state index is 0.142. The Balaban J connectivity index is 1.76. The zero-order valence-corrected chi connectivity index (χ0v) is 14.0. The van der Waals surface area contributed by atoms with Gasteiger partial charge in [-0.2, -0.15) is 0 Å². The van der Waals surface area contributed by atoms with Crippen molar-refractivity contribution in [3.8, 4) is 0 Å². The number of anilines is 1. The quantitative estimate of drug-likeness (QED) is 0.811. The third kappa shape index (κ3) is 5.06. The largest absolute Gasteiger partial charge is 0.300 e. The number of hydrogen-bond donors (Lipinski definition) is 1. The van der Waals surface area contributed by atoms with Crippen molar-refractivity contribution in [1.82, 2.24) is 10.2 Å². The van der Waals surface area contributed by atoms with E-state index in [0.29, 0.717) is 5.13 Å². The van der Waals surface area contributed by atoms with E-state index >= 15 is 0 Å². The van der Waals surface area contributed by atoms with Crippen molar-refractivity contribution in [2.45, 2.75) is 71.6 Å². The first-order chi connectivity index (χ1) is 10.2. The van der Waals surface area contributed by atoms with E-state index in [2.05, 4.69) is 29.4 Å². The van der Waals surface area contributed by atoms with Gasteiger partial charge in [-0.1, -0.05) is 44.4 Å². The number of unbranched alkanes of at least 4 members (excludes halogenated alkanes) is 1. The first kappa shape index (κ1) is 16.4. The smallest absolute Gasteiger partial charge is 0.229 e. The van der Waals surface area contributed by atoms with Crippen molar-refractivity contribution in [3.05, 3.63) is 5.01 Å². The van der Waals surface area contributed by atoms with Crippen LogP contribution in [0.15, 0.2) is 0 Å². The van der Waals surface area contributed by atoms with Crippen LogP contribution >= 0.6 is 11.3 Å². The Morgan fingerprint density at radius 1 is 1.19 bits per heavy atom. The van der Waals surface area contributed by atoms with Crippen molar-refractivity contribution >= 4 is 22.4 Å². The first-order valence-corrected chi connectivity index (χ1v) is 9.17. The van der Waals surface area contributed by atoms with Crippen LogP contribution < -0.4 is 5.32 Å². The fraction of sp³-hybridized carbons (Fsp3) is 0.812. The molecule has 118 valence electrons. The molecule has 21 heavy (non-hydrogen) atoms. The number of aromatic nitrogens is 2. The fourth-order valence-corrected chi connectivity index (χ4v) is 3.88. The highest BCUT2D eigenvalue weighted by Gasteiger charge is 2.26. The Morgan fingerprint density at radius 2 is 1.95 bits per heavy atom. The zero-order valence-electron chi connectivity index (χ0n) is 13.2. The van der Waals surface area contributed by atoms with Crippen LogP contribution in [0.1, 0.15) is 70.2 Å². The number of rotatable bonds is 7. The van der Waals surface area contributed by atoms with Crippen molar-refractivity contribution in [2.24, 2.45) is 11.8 Å². The molecule has 1 N–H and O–H groups in total. The van der Waals surface area contributed by atoms with E-state index in [9.17, 15) is 4.79 Å². The van der Waals surface area contributed by atoms with Crippen molar-refractivity contribution in [1.29, 1.82) is 0 Å².